The Labute approximate surface area is 143 Å². The van der Waals surface area contributed by atoms with E-state index in [1.165, 1.54) is 38.3 Å². The minimum absolute atomic E-state index is 0.0881. The van der Waals surface area contributed by atoms with E-state index in [9.17, 15) is 14.9 Å². The third-order valence-electron chi connectivity index (χ3n) is 3.29. The van der Waals surface area contributed by atoms with Gasteiger partial charge in [0.15, 0.2) is 17.6 Å². The van der Waals surface area contributed by atoms with Gasteiger partial charge in [0.05, 0.1) is 29.7 Å². The number of nitro groups is 1. The first-order chi connectivity index (χ1) is 11.9. The average molecular weight is 341 g/mol. The number of hydrogen-bond acceptors (Lipinski definition) is 6. The molecule has 0 fully saturated rings. The van der Waals surface area contributed by atoms with Gasteiger partial charge in [0.25, 0.3) is 11.6 Å². The van der Waals surface area contributed by atoms with Gasteiger partial charge in [-0.05, 0) is 31.2 Å². The zero-order valence-electron chi connectivity index (χ0n) is 13.6. The van der Waals surface area contributed by atoms with Crippen molar-refractivity contribution in [3.63, 3.8) is 0 Å². The number of nitrogens with zero attached hydrogens (tertiary/aromatic N) is 2. The molecular formula is C17H15N3O5. The van der Waals surface area contributed by atoms with Gasteiger partial charge < -0.3 is 14.8 Å². The van der Waals surface area contributed by atoms with Crippen LogP contribution in [0.5, 0.6) is 11.5 Å². The highest BCUT2D eigenvalue weighted by Crippen LogP contribution is 2.32. The SMILES string of the molecule is COc1ccc([N+](=O)[O-])cc1O[C@@H](C)C(=O)Nc1cccc(C#N)c1. The smallest absolute Gasteiger partial charge is 0.273 e. The Morgan fingerprint density at radius 3 is 2.68 bits per heavy atom. The van der Waals surface area contributed by atoms with Crippen molar-refractivity contribution >= 4 is 17.3 Å². The van der Waals surface area contributed by atoms with E-state index in [1.807, 2.05) is 6.07 Å². The second-order valence-corrected chi connectivity index (χ2v) is 5.03. The molecule has 1 atom stereocenters. The molecule has 0 aromatic heterocycles. The Kier molecular flexibility index (Phi) is 5.53. The Balaban J connectivity index is 2.14. The first-order valence-corrected chi connectivity index (χ1v) is 7.24. The highest BCUT2D eigenvalue weighted by atomic mass is 16.6. The van der Waals surface area contributed by atoms with Gasteiger partial charge in [-0.25, -0.2) is 0 Å². The van der Waals surface area contributed by atoms with E-state index in [-0.39, 0.29) is 17.2 Å². The maximum atomic E-state index is 12.2. The van der Waals surface area contributed by atoms with Crippen LogP contribution >= 0.6 is 0 Å². The molecule has 0 aliphatic heterocycles. The number of carbonyl (C=O) groups excluding carboxylic acids is 1. The summed E-state index contributed by atoms with van der Waals surface area (Å²) in [5.41, 5.74) is 0.683. The van der Waals surface area contributed by atoms with Crippen molar-refractivity contribution in [3.05, 3.63) is 58.1 Å². The summed E-state index contributed by atoms with van der Waals surface area (Å²) < 4.78 is 10.6. The predicted molar refractivity (Wildman–Crippen MR) is 89.5 cm³/mol. The van der Waals surface area contributed by atoms with Crippen LogP contribution in [0.1, 0.15) is 12.5 Å². The molecule has 1 amide bonds. The number of nitriles is 1. The van der Waals surface area contributed by atoms with E-state index in [4.69, 9.17) is 14.7 Å². The number of hydrogen-bond donors (Lipinski definition) is 1. The summed E-state index contributed by atoms with van der Waals surface area (Å²) in [5, 5.41) is 22.4. The third kappa shape index (κ3) is 4.45. The van der Waals surface area contributed by atoms with E-state index in [2.05, 4.69) is 5.32 Å². The Bertz CT molecular complexity index is 844. The molecular weight excluding hydrogens is 326 g/mol. The van der Waals surface area contributed by atoms with Crippen LogP contribution in [0.3, 0.4) is 0 Å². The first-order valence-electron chi connectivity index (χ1n) is 7.24. The molecule has 0 saturated carbocycles. The van der Waals surface area contributed by atoms with Gasteiger partial charge in [0, 0.05) is 11.8 Å². The molecule has 0 bridgehead atoms. The fraction of sp³-hybridized carbons (Fsp3) is 0.176. The maximum Gasteiger partial charge on any atom is 0.273 e. The monoisotopic (exact) mass is 341 g/mol. The number of carbonyl (C=O) groups is 1. The van der Waals surface area contributed by atoms with Gasteiger partial charge in [-0.2, -0.15) is 5.26 Å². The van der Waals surface area contributed by atoms with Crippen LogP contribution in [0, 0.1) is 21.4 Å². The molecule has 8 heteroatoms. The molecule has 8 nitrogen and oxygen atoms in total. The molecule has 0 saturated heterocycles. The number of non-ortho nitro benzene ring substituents is 1. The molecule has 128 valence electrons. The van der Waals surface area contributed by atoms with Gasteiger partial charge in [0.1, 0.15) is 0 Å². The second-order valence-electron chi connectivity index (χ2n) is 5.03. The lowest BCUT2D eigenvalue weighted by Gasteiger charge is -2.16. The molecule has 2 aromatic rings. The lowest BCUT2D eigenvalue weighted by molar-refractivity contribution is -0.385. The highest BCUT2D eigenvalue weighted by Gasteiger charge is 2.19. The number of nitro benzene ring substituents is 1. The summed E-state index contributed by atoms with van der Waals surface area (Å²) >= 11 is 0. The number of methoxy groups -OCH3 is 1. The first kappa shape index (κ1) is 17.7. The van der Waals surface area contributed by atoms with Crippen LogP contribution < -0.4 is 14.8 Å². The number of anilines is 1. The van der Waals surface area contributed by atoms with E-state index >= 15 is 0 Å². The van der Waals surface area contributed by atoms with Gasteiger partial charge in [-0.15, -0.1) is 0 Å². The summed E-state index contributed by atoms with van der Waals surface area (Å²) in [7, 11) is 1.39. The molecule has 0 spiro atoms. The van der Waals surface area contributed by atoms with Crippen molar-refractivity contribution in [2.45, 2.75) is 13.0 Å². The van der Waals surface area contributed by atoms with Crippen molar-refractivity contribution in [1.29, 1.82) is 5.26 Å². The number of amides is 1. The van der Waals surface area contributed by atoms with Crippen LogP contribution in [-0.4, -0.2) is 24.0 Å². The number of rotatable bonds is 6. The zero-order valence-corrected chi connectivity index (χ0v) is 13.6. The van der Waals surface area contributed by atoms with E-state index in [0.717, 1.165) is 0 Å². The molecule has 0 aliphatic rings. The molecule has 2 rings (SSSR count). The average Bonchev–Trinajstić information content (AvgIpc) is 2.61. The molecule has 0 radical (unpaired) electrons. The number of nitrogens with one attached hydrogen (secondary N) is 1. The largest absolute Gasteiger partial charge is 0.493 e. The highest BCUT2D eigenvalue weighted by molar-refractivity contribution is 5.94. The lowest BCUT2D eigenvalue weighted by atomic mass is 10.2. The normalized spacial score (nSPS) is 11.1. The molecule has 0 unspecified atom stereocenters. The molecule has 25 heavy (non-hydrogen) atoms. The predicted octanol–water partition coefficient (Wildman–Crippen LogP) is 2.88. The summed E-state index contributed by atoms with van der Waals surface area (Å²) in [6.45, 7) is 1.50. The van der Waals surface area contributed by atoms with Crippen molar-refractivity contribution < 1.29 is 19.2 Å². The van der Waals surface area contributed by atoms with Crippen molar-refractivity contribution in [3.8, 4) is 17.6 Å². The van der Waals surface area contributed by atoms with Crippen molar-refractivity contribution in [1.82, 2.24) is 0 Å². The summed E-state index contributed by atoms with van der Waals surface area (Å²) in [4.78, 5) is 22.6. The van der Waals surface area contributed by atoms with Crippen molar-refractivity contribution in [2.75, 3.05) is 12.4 Å². The molecule has 0 aliphatic carbocycles. The summed E-state index contributed by atoms with van der Waals surface area (Å²) in [6.07, 6.45) is -0.943. The molecule has 1 N–H and O–H groups in total. The Morgan fingerprint density at radius 1 is 1.28 bits per heavy atom. The van der Waals surface area contributed by atoms with Crippen LogP contribution in [0.4, 0.5) is 11.4 Å². The quantitative estimate of drug-likeness (QED) is 0.638. The Hall–Kier alpha value is -3.60. The minimum atomic E-state index is -0.943. The zero-order chi connectivity index (χ0) is 18.4. The van der Waals surface area contributed by atoms with Gasteiger partial charge >= 0.3 is 0 Å². The minimum Gasteiger partial charge on any atom is -0.493 e. The van der Waals surface area contributed by atoms with Gasteiger partial charge in [-0.3, -0.25) is 14.9 Å². The van der Waals surface area contributed by atoms with Gasteiger partial charge in [0.2, 0.25) is 0 Å². The summed E-state index contributed by atoms with van der Waals surface area (Å²) in [5.74, 6) is -0.106. The maximum absolute atomic E-state index is 12.2. The fourth-order valence-corrected chi connectivity index (χ4v) is 2.03. The Morgan fingerprint density at radius 2 is 2.04 bits per heavy atom. The topological polar surface area (TPSA) is 114 Å². The molecule has 0 heterocycles. The number of benzene rings is 2. The van der Waals surface area contributed by atoms with Crippen LogP contribution in [-0.2, 0) is 4.79 Å². The second kappa shape index (κ2) is 7.79. The van der Waals surface area contributed by atoms with Crippen LogP contribution in [0.2, 0.25) is 0 Å². The third-order valence-corrected chi connectivity index (χ3v) is 3.29. The van der Waals surface area contributed by atoms with Crippen molar-refractivity contribution in [2.24, 2.45) is 0 Å². The standard InChI is InChI=1S/C17H15N3O5/c1-11(17(21)19-13-5-3-4-12(8-13)10-18)25-16-9-14(20(22)23)6-7-15(16)24-2/h3-9,11H,1-2H3,(H,19,21)/t11-/m0/s1. The van der Waals surface area contributed by atoms with E-state index < -0.39 is 16.9 Å². The summed E-state index contributed by atoms with van der Waals surface area (Å²) in [6, 6.07) is 12.3. The van der Waals surface area contributed by atoms with E-state index in [1.54, 1.807) is 18.2 Å². The van der Waals surface area contributed by atoms with E-state index in [0.29, 0.717) is 11.3 Å². The lowest BCUT2D eigenvalue weighted by Crippen LogP contribution is -2.30. The molecule has 2 aromatic carbocycles. The van der Waals surface area contributed by atoms with Gasteiger partial charge in [-0.1, -0.05) is 6.07 Å². The fourth-order valence-electron chi connectivity index (χ4n) is 2.03. The van der Waals surface area contributed by atoms with Crippen LogP contribution in [0.25, 0.3) is 0 Å². The number of ether oxygens (including phenoxy) is 2. The van der Waals surface area contributed by atoms with Crippen LogP contribution in [0.15, 0.2) is 42.5 Å².